The van der Waals surface area contributed by atoms with Crippen molar-refractivity contribution in [3.63, 3.8) is 0 Å². The molecular formula is C13H9Cl2FN2O2. The largest absolute Gasteiger partial charge is 0.507 e. The first kappa shape index (κ1) is 14.6. The lowest BCUT2D eigenvalue weighted by Gasteiger charge is -2.09. The van der Waals surface area contributed by atoms with Gasteiger partial charge in [0, 0.05) is 11.2 Å². The van der Waals surface area contributed by atoms with Crippen LogP contribution < -0.4 is 5.32 Å². The highest BCUT2D eigenvalue weighted by atomic mass is 35.5. The number of phenols is 1. The van der Waals surface area contributed by atoms with E-state index in [2.05, 4.69) is 10.3 Å². The van der Waals surface area contributed by atoms with Gasteiger partial charge in [-0.1, -0.05) is 23.2 Å². The summed E-state index contributed by atoms with van der Waals surface area (Å²) in [5.41, 5.74) is -0.0298. The maximum Gasteiger partial charge on any atom is 0.256 e. The summed E-state index contributed by atoms with van der Waals surface area (Å²) >= 11 is 11.5. The predicted octanol–water partition coefficient (Wildman–Crippen LogP) is 3.16. The van der Waals surface area contributed by atoms with E-state index >= 15 is 0 Å². The molecule has 0 aliphatic rings. The van der Waals surface area contributed by atoms with Gasteiger partial charge in [-0.05, 0) is 24.3 Å². The second-order valence-electron chi connectivity index (χ2n) is 3.90. The van der Waals surface area contributed by atoms with Gasteiger partial charge in [0.1, 0.15) is 11.6 Å². The molecule has 20 heavy (non-hydrogen) atoms. The van der Waals surface area contributed by atoms with E-state index in [0.29, 0.717) is 0 Å². The van der Waals surface area contributed by atoms with Crippen molar-refractivity contribution in [2.75, 3.05) is 0 Å². The molecule has 0 aliphatic carbocycles. The van der Waals surface area contributed by atoms with Gasteiger partial charge in [0.2, 0.25) is 0 Å². The fraction of sp³-hybridized carbons (Fsp3) is 0.0769. The molecular weight excluding hydrogens is 306 g/mol. The van der Waals surface area contributed by atoms with E-state index in [4.69, 9.17) is 23.2 Å². The molecule has 2 aromatic rings. The minimum absolute atomic E-state index is 0.00833. The molecule has 1 amide bonds. The summed E-state index contributed by atoms with van der Waals surface area (Å²) in [4.78, 5) is 15.7. The van der Waals surface area contributed by atoms with Crippen LogP contribution in [0.4, 0.5) is 4.39 Å². The van der Waals surface area contributed by atoms with Crippen molar-refractivity contribution in [1.82, 2.24) is 10.3 Å². The van der Waals surface area contributed by atoms with Crippen molar-refractivity contribution in [2.24, 2.45) is 0 Å². The molecule has 1 aromatic heterocycles. The van der Waals surface area contributed by atoms with Crippen LogP contribution in [0.5, 0.6) is 5.75 Å². The smallest absolute Gasteiger partial charge is 0.256 e. The van der Waals surface area contributed by atoms with Gasteiger partial charge >= 0.3 is 0 Å². The Balaban J connectivity index is 2.16. The molecule has 0 radical (unpaired) electrons. The lowest BCUT2D eigenvalue weighted by atomic mass is 10.2. The molecule has 0 unspecified atom stereocenters. The number of rotatable bonds is 3. The van der Waals surface area contributed by atoms with Gasteiger partial charge in [-0.3, -0.25) is 9.78 Å². The molecule has 104 valence electrons. The number of amides is 1. The molecule has 0 saturated heterocycles. The number of hydrogen-bond donors (Lipinski definition) is 2. The summed E-state index contributed by atoms with van der Waals surface area (Å²) in [6.07, 6.45) is 1.41. The van der Waals surface area contributed by atoms with Crippen molar-refractivity contribution in [2.45, 2.75) is 6.54 Å². The zero-order valence-electron chi connectivity index (χ0n) is 10.0. The third-order valence-corrected chi connectivity index (χ3v) is 3.03. The van der Waals surface area contributed by atoms with Gasteiger partial charge in [-0.15, -0.1) is 0 Å². The summed E-state index contributed by atoms with van der Waals surface area (Å²) in [6, 6.07) is 5.21. The van der Waals surface area contributed by atoms with Crippen molar-refractivity contribution in [1.29, 1.82) is 0 Å². The van der Waals surface area contributed by atoms with Crippen LogP contribution in [0.15, 0.2) is 30.5 Å². The van der Waals surface area contributed by atoms with E-state index in [-0.39, 0.29) is 33.6 Å². The maximum atomic E-state index is 13.3. The second kappa shape index (κ2) is 6.07. The number of phenolic OH excluding ortho intramolecular Hbond substituents is 1. The highest BCUT2D eigenvalue weighted by molar-refractivity contribution is 6.37. The number of carbonyl (C=O) groups is 1. The number of benzene rings is 1. The SMILES string of the molecule is O=C(NCc1ncccc1F)c1c(O)cc(Cl)cc1Cl. The van der Waals surface area contributed by atoms with E-state index in [1.165, 1.54) is 30.5 Å². The van der Waals surface area contributed by atoms with E-state index < -0.39 is 11.7 Å². The molecule has 7 heteroatoms. The molecule has 0 aliphatic heterocycles. The number of aromatic hydroxyl groups is 1. The standard InChI is InChI=1S/C13H9Cl2FN2O2/c14-7-4-8(15)12(11(19)5-7)13(20)18-6-10-9(16)2-1-3-17-10/h1-5,19H,6H2,(H,18,20). The number of aromatic nitrogens is 1. The maximum absolute atomic E-state index is 13.3. The predicted molar refractivity (Wildman–Crippen MR) is 73.5 cm³/mol. The fourth-order valence-corrected chi connectivity index (χ4v) is 2.15. The summed E-state index contributed by atoms with van der Waals surface area (Å²) < 4.78 is 13.3. The second-order valence-corrected chi connectivity index (χ2v) is 4.74. The lowest BCUT2D eigenvalue weighted by molar-refractivity contribution is 0.0947. The Labute approximate surface area is 124 Å². The number of pyridine rings is 1. The number of halogens is 3. The number of hydrogen-bond acceptors (Lipinski definition) is 3. The lowest BCUT2D eigenvalue weighted by Crippen LogP contribution is -2.24. The van der Waals surface area contributed by atoms with E-state index in [0.717, 1.165) is 0 Å². The third-order valence-electron chi connectivity index (χ3n) is 2.51. The van der Waals surface area contributed by atoms with Crippen molar-refractivity contribution in [3.05, 3.63) is 57.6 Å². The van der Waals surface area contributed by atoms with Crippen molar-refractivity contribution < 1.29 is 14.3 Å². The van der Waals surface area contributed by atoms with Gasteiger partial charge < -0.3 is 10.4 Å². The molecule has 1 heterocycles. The molecule has 2 N–H and O–H groups in total. The van der Waals surface area contributed by atoms with E-state index in [1.807, 2.05) is 0 Å². The first-order valence-corrected chi connectivity index (χ1v) is 6.30. The third kappa shape index (κ3) is 3.18. The Bertz CT molecular complexity index is 642. The van der Waals surface area contributed by atoms with E-state index in [9.17, 15) is 14.3 Å². The van der Waals surface area contributed by atoms with Crippen LogP contribution in [-0.2, 0) is 6.54 Å². The summed E-state index contributed by atoms with van der Waals surface area (Å²) in [7, 11) is 0. The molecule has 0 atom stereocenters. The minimum atomic E-state index is -0.644. The van der Waals surface area contributed by atoms with Crippen LogP contribution in [0.1, 0.15) is 16.1 Å². The molecule has 2 rings (SSSR count). The Morgan fingerprint density at radius 3 is 2.80 bits per heavy atom. The zero-order valence-corrected chi connectivity index (χ0v) is 11.5. The Morgan fingerprint density at radius 2 is 2.15 bits per heavy atom. The highest BCUT2D eigenvalue weighted by Gasteiger charge is 2.17. The molecule has 4 nitrogen and oxygen atoms in total. The molecule has 0 fully saturated rings. The van der Waals surface area contributed by atoms with Gasteiger partial charge in [0.25, 0.3) is 5.91 Å². The summed E-state index contributed by atoms with van der Waals surface area (Å²) in [5, 5.41) is 12.3. The van der Waals surface area contributed by atoms with Crippen LogP contribution in [0.3, 0.4) is 0 Å². The first-order valence-electron chi connectivity index (χ1n) is 5.54. The van der Waals surface area contributed by atoms with Crippen LogP contribution >= 0.6 is 23.2 Å². The van der Waals surface area contributed by atoms with Crippen LogP contribution in [0, 0.1) is 5.82 Å². The Morgan fingerprint density at radius 1 is 1.40 bits per heavy atom. The number of nitrogens with one attached hydrogen (secondary N) is 1. The Kier molecular flexibility index (Phi) is 4.42. The van der Waals surface area contributed by atoms with Crippen molar-refractivity contribution in [3.8, 4) is 5.75 Å². The first-order chi connectivity index (χ1) is 9.49. The molecule has 0 spiro atoms. The van der Waals surface area contributed by atoms with Crippen LogP contribution in [0.2, 0.25) is 10.0 Å². The Hall–Kier alpha value is -1.85. The number of carbonyl (C=O) groups excluding carboxylic acids is 1. The number of nitrogens with zero attached hydrogens (tertiary/aromatic N) is 1. The minimum Gasteiger partial charge on any atom is -0.507 e. The van der Waals surface area contributed by atoms with E-state index in [1.54, 1.807) is 0 Å². The normalized spacial score (nSPS) is 10.3. The average Bonchev–Trinajstić information content (AvgIpc) is 2.36. The van der Waals surface area contributed by atoms with Gasteiger partial charge in [-0.2, -0.15) is 0 Å². The summed E-state index contributed by atoms with van der Waals surface area (Å²) in [6.45, 7) is -0.121. The monoisotopic (exact) mass is 314 g/mol. The zero-order chi connectivity index (χ0) is 14.7. The van der Waals surface area contributed by atoms with Crippen molar-refractivity contribution >= 4 is 29.1 Å². The quantitative estimate of drug-likeness (QED) is 0.914. The fourth-order valence-electron chi connectivity index (χ4n) is 1.59. The van der Waals surface area contributed by atoms with Crippen LogP contribution in [-0.4, -0.2) is 16.0 Å². The highest BCUT2D eigenvalue weighted by Crippen LogP contribution is 2.29. The molecule has 0 bridgehead atoms. The average molecular weight is 315 g/mol. The molecule has 1 aromatic carbocycles. The topological polar surface area (TPSA) is 62.2 Å². The molecule has 0 saturated carbocycles. The van der Waals surface area contributed by atoms with Crippen LogP contribution in [0.25, 0.3) is 0 Å². The summed E-state index contributed by atoms with van der Waals surface area (Å²) in [5.74, 6) is -1.52. The van der Waals surface area contributed by atoms with Gasteiger partial charge in [0.15, 0.2) is 0 Å². The van der Waals surface area contributed by atoms with Gasteiger partial charge in [-0.25, -0.2) is 4.39 Å². The van der Waals surface area contributed by atoms with Gasteiger partial charge in [0.05, 0.1) is 22.8 Å².